The molecule has 1 aliphatic rings. The minimum Gasteiger partial charge on any atom is -0.349 e. The molecule has 0 spiro atoms. The van der Waals surface area contributed by atoms with E-state index >= 15 is 0 Å². The van der Waals surface area contributed by atoms with Gasteiger partial charge in [-0.3, -0.25) is 9.59 Å². The second kappa shape index (κ2) is 8.15. The molecule has 0 bridgehead atoms. The van der Waals surface area contributed by atoms with Crippen LogP contribution in [-0.4, -0.2) is 23.9 Å². The lowest BCUT2D eigenvalue weighted by Gasteiger charge is -2.11. The van der Waals surface area contributed by atoms with Crippen molar-refractivity contribution in [2.75, 3.05) is 5.32 Å². The first-order valence-electron chi connectivity index (χ1n) is 7.42. The number of nitrogens with one attached hydrogen (secondary N) is 2. The Bertz CT molecular complexity index is 542. The van der Waals surface area contributed by atoms with E-state index in [0.29, 0.717) is 30.1 Å². The molecule has 0 heterocycles. The molecule has 1 atom stereocenters. The molecule has 0 saturated heterocycles. The van der Waals surface area contributed by atoms with Crippen molar-refractivity contribution in [3.8, 4) is 0 Å². The van der Waals surface area contributed by atoms with Crippen LogP contribution in [0.5, 0.6) is 0 Å². The lowest BCUT2D eigenvalue weighted by Crippen LogP contribution is -2.25. The second-order valence-corrected chi connectivity index (χ2v) is 5.84. The van der Waals surface area contributed by atoms with Gasteiger partial charge in [-0.2, -0.15) is 0 Å². The molecule has 6 heteroatoms. The number of rotatable bonds is 6. The van der Waals surface area contributed by atoms with Crippen LogP contribution >= 0.6 is 12.4 Å². The molecule has 22 heavy (non-hydrogen) atoms. The van der Waals surface area contributed by atoms with Gasteiger partial charge in [0.25, 0.3) is 5.91 Å². The number of benzene rings is 1. The Morgan fingerprint density at radius 1 is 1.36 bits per heavy atom. The van der Waals surface area contributed by atoms with Gasteiger partial charge in [-0.1, -0.05) is 6.07 Å². The number of amides is 2. The van der Waals surface area contributed by atoms with Gasteiger partial charge in [-0.15, -0.1) is 12.4 Å². The molecule has 1 fully saturated rings. The van der Waals surface area contributed by atoms with Gasteiger partial charge < -0.3 is 16.4 Å². The molecule has 0 radical (unpaired) electrons. The normalized spacial score (nSPS) is 14.7. The summed E-state index contributed by atoms with van der Waals surface area (Å²) >= 11 is 0. The molecule has 1 saturated carbocycles. The van der Waals surface area contributed by atoms with Gasteiger partial charge in [0.05, 0.1) is 0 Å². The van der Waals surface area contributed by atoms with Crippen molar-refractivity contribution in [2.24, 2.45) is 5.73 Å². The predicted octanol–water partition coefficient (Wildman–Crippen LogP) is 2.37. The molecule has 1 unspecified atom stereocenters. The van der Waals surface area contributed by atoms with Gasteiger partial charge in [0.1, 0.15) is 0 Å². The zero-order valence-electron chi connectivity index (χ0n) is 13.0. The second-order valence-electron chi connectivity index (χ2n) is 5.84. The van der Waals surface area contributed by atoms with E-state index < -0.39 is 0 Å². The van der Waals surface area contributed by atoms with Crippen LogP contribution in [0.15, 0.2) is 18.2 Å². The summed E-state index contributed by atoms with van der Waals surface area (Å²) in [7, 11) is 0. The Hall–Kier alpha value is -1.59. The molecule has 122 valence electrons. The summed E-state index contributed by atoms with van der Waals surface area (Å²) in [4.78, 5) is 23.9. The summed E-state index contributed by atoms with van der Waals surface area (Å²) < 4.78 is 0. The maximum Gasteiger partial charge on any atom is 0.251 e. The van der Waals surface area contributed by atoms with Crippen molar-refractivity contribution in [3.05, 3.63) is 29.3 Å². The van der Waals surface area contributed by atoms with E-state index in [1.807, 2.05) is 19.9 Å². The van der Waals surface area contributed by atoms with Crippen LogP contribution in [-0.2, 0) is 4.79 Å². The molecule has 1 aromatic carbocycles. The van der Waals surface area contributed by atoms with Crippen LogP contribution in [0.4, 0.5) is 5.69 Å². The highest BCUT2D eigenvalue weighted by molar-refractivity contribution is 5.98. The lowest BCUT2D eigenvalue weighted by atomic mass is 10.1. The minimum atomic E-state index is -0.0800. The van der Waals surface area contributed by atoms with E-state index in [0.717, 1.165) is 18.4 Å². The number of hydrogen-bond donors (Lipinski definition) is 3. The van der Waals surface area contributed by atoms with Crippen molar-refractivity contribution in [1.29, 1.82) is 0 Å². The smallest absolute Gasteiger partial charge is 0.251 e. The highest BCUT2D eigenvalue weighted by Gasteiger charge is 2.24. The number of carbonyl (C=O) groups excluding carboxylic acids is 2. The van der Waals surface area contributed by atoms with Gasteiger partial charge in [0, 0.05) is 29.8 Å². The number of anilines is 1. The number of carbonyl (C=O) groups is 2. The van der Waals surface area contributed by atoms with Gasteiger partial charge in [-0.25, -0.2) is 0 Å². The van der Waals surface area contributed by atoms with Gasteiger partial charge in [0.2, 0.25) is 5.91 Å². The Morgan fingerprint density at radius 3 is 2.64 bits per heavy atom. The maximum absolute atomic E-state index is 12.0. The Balaban J connectivity index is 0.00000242. The van der Waals surface area contributed by atoms with E-state index in [1.54, 1.807) is 12.1 Å². The molecule has 2 rings (SSSR count). The fourth-order valence-electron chi connectivity index (χ4n) is 1.97. The van der Waals surface area contributed by atoms with Crippen molar-refractivity contribution in [1.82, 2.24) is 5.32 Å². The highest BCUT2D eigenvalue weighted by atomic mass is 35.5. The molecule has 1 aromatic rings. The van der Waals surface area contributed by atoms with E-state index in [4.69, 9.17) is 5.73 Å². The average Bonchev–Trinajstić information content (AvgIpc) is 3.22. The van der Waals surface area contributed by atoms with Gasteiger partial charge >= 0.3 is 0 Å². The van der Waals surface area contributed by atoms with Crippen LogP contribution in [0.2, 0.25) is 0 Å². The van der Waals surface area contributed by atoms with Crippen LogP contribution in [0.1, 0.15) is 48.5 Å². The van der Waals surface area contributed by atoms with E-state index in [9.17, 15) is 9.59 Å². The largest absolute Gasteiger partial charge is 0.349 e. The van der Waals surface area contributed by atoms with E-state index in [-0.39, 0.29) is 30.3 Å². The monoisotopic (exact) mass is 325 g/mol. The quantitative estimate of drug-likeness (QED) is 0.750. The predicted molar refractivity (Wildman–Crippen MR) is 90.4 cm³/mol. The number of nitrogens with two attached hydrogens (primary N) is 1. The maximum atomic E-state index is 12.0. The fraction of sp³-hybridized carbons (Fsp3) is 0.500. The molecule has 4 N–H and O–H groups in total. The highest BCUT2D eigenvalue weighted by Crippen LogP contribution is 2.21. The third kappa shape index (κ3) is 5.66. The summed E-state index contributed by atoms with van der Waals surface area (Å²) in [6.45, 7) is 3.78. The number of aryl methyl sites for hydroxylation is 1. The first-order chi connectivity index (χ1) is 9.95. The molecule has 0 aromatic heterocycles. The van der Waals surface area contributed by atoms with Crippen LogP contribution in [0.25, 0.3) is 0 Å². The number of halogens is 1. The Labute approximate surface area is 137 Å². The van der Waals surface area contributed by atoms with Crippen molar-refractivity contribution >= 4 is 29.9 Å². The summed E-state index contributed by atoms with van der Waals surface area (Å²) in [5.41, 5.74) is 7.85. The standard InChI is InChI=1S/C16H23N3O2.ClH/c1-10-3-5-12(16(21)18-13-6-7-13)9-14(10)19-15(20)8-4-11(2)17;/h3,5,9,11,13H,4,6-8,17H2,1-2H3,(H,18,21)(H,19,20);1H. The van der Waals surface area contributed by atoms with E-state index in [2.05, 4.69) is 10.6 Å². The van der Waals surface area contributed by atoms with Crippen LogP contribution in [0, 0.1) is 6.92 Å². The van der Waals surface area contributed by atoms with Crippen molar-refractivity contribution in [2.45, 2.75) is 51.6 Å². The zero-order valence-corrected chi connectivity index (χ0v) is 13.8. The van der Waals surface area contributed by atoms with Gasteiger partial charge in [-0.05, 0) is 50.8 Å². The number of hydrogen-bond acceptors (Lipinski definition) is 3. The molecule has 2 amide bonds. The summed E-state index contributed by atoms with van der Waals surface area (Å²) in [6.07, 6.45) is 3.14. The first kappa shape index (κ1) is 18.5. The van der Waals surface area contributed by atoms with Gasteiger partial charge in [0.15, 0.2) is 0 Å². The third-order valence-electron chi connectivity index (χ3n) is 3.51. The molecular formula is C16H24ClN3O2. The lowest BCUT2D eigenvalue weighted by molar-refractivity contribution is -0.116. The first-order valence-corrected chi connectivity index (χ1v) is 7.42. The van der Waals surface area contributed by atoms with Crippen molar-refractivity contribution in [3.63, 3.8) is 0 Å². The SMILES string of the molecule is Cc1ccc(C(=O)NC2CC2)cc1NC(=O)CCC(C)N.Cl. The summed E-state index contributed by atoms with van der Waals surface area (Å²) in [6, 6.07) is 5.69. The average molecular weight is 326 g/mol. The fourth-order valence-corrected chi connectivity index (χ4v) is 1.97. The molecule has 5 nitrogen and oxygen atoms in total. The molecular weight excluding hydrogens is 302 g/mol. The van der Waals surface area contributed by atoms with E-state index in [1.165, 1.54) is 0 Å². The molecule has 1 aliphatic carbocycles. The Morgan fingerprint density at radius 2 is 2.05 bits per heavy atom. The topological polar surface area (TPSA) is 84.2 Å². The molecule has 0 aliphatic heterocycles. The zero-order chi connectivity index (χ0) is 15.4. The summed E-state index contributed by atoms with van der Waals surface area (Å²) in [5, 5.41) is 5.80. The minimum absolute atomic E-state index is 0. The Kier molecular flexibility index (Phi) is 6.84. The third-order valence-corrected chi connectivity index (χ3v) is 3.51. The van der Waals surface area contributed by atoms with Crippen LogP contribution < -0.4 is 16.4 Å². The van der Waals surface area contributed by atoms with Crippen molar-refractivity contribution < 1.29 is 9.59 Å². The van der Waals surface area contributed by atoms with Crippen LogP contribution in [0.3, 0.4) is 0 Å². The summed E-state index contributed by atoms with van der Waals surface area (Å²) in [5.74, 6) is -0.154.